The van der Waals surface area contributed by atoms with Crippen LogP contribution >= 0.6 is 0 Å². The predicted molar refractivity (Wildman–Crippen MR) is 73.4 cm³/mol. The first-order valence-electron chi connectivity index (χ1n) is 6.83. The van der Waals surface area contributed by atoms with E-state index in [4.69, 9.17) is 4.74 Å². The van der Waals surface area contributed by atoms with Crippen molar-refractivity contribution in [3.63, 3.8) is 0 Å². The van der Waals surface area contributed by atoms with E-state index in [1.54, 1.807) is 7.11 Å². The molecule has 1 aromatic carbocycles. The molecular formula is C16H22O2. The first-order chi connectivity index (χ1) is 8.63. The summed E-state index contributed by atoms with van der Waals surface area (Å²) in [6.07, 6.45) is 5.71. The SMILES string of the molecule is COc1cc(C)c(C)cc1C(=O)C1CCCCC1. The van der Waals surface area contributed by atoms with Gasteiger partial charge in [-0.1, -0.05) is 19.3 Å². The fraction of sp³-hybridized carbons (Fsp3) is 0.562. The second-order valence-corrected chi connectivity index (χ2v) is 5.34. The van der Waals surface area contributed by atoms with Crippen molar-refractivity contribution < 1.29 is 9.53 Å². The van der Waals surface area contributed by atoms with Crippen LogP contribution in [0.5, 0.6) is 5.75 Å². The van der Waals surface area contributed by atoms with Gasteiger partial charge in [-0.2, -0.15) is 0 Å². The Bertz CT molecular complexity index is 443. The smallest absolute Gasteiger partial charge is 0.169 e. The average molecular weight is 246 g/mol. The molecule has 1 fully saturated rings. The van der Waals surface area contributed by atoms with Crippen molar-refractivity contribution in [3.8, 4) is 5.75 Å². The quantitative estimate of drug-likeness (QED) is 0.751. The van der Waals surface area contributed by atoms with Gasteiger partial charge in [-0.3, -0.25) is 4.79 Å². The van der Waals surface area contributed by atoms with Crippen molar-refractivity contribution in [2.24, 2.45) is 5.92 Å². The van der Waals surface area contributed by atoms with Gasteiger partial charge in [-0.25, -0.2) is 0 Å². The van der Waals surface area contributed by atoms with Gasteiger partial charge in [0.25, 0.3) is 0 Å². The van der Waals surface area contributed by atoms with E-state index in [9.17, 15) is 4.79 Å². The Morgan fingerprint density at radius 2 is 1.72 bits per heavy atom. The van der Waals surface area contributed by atoms with Crippen LogP contribution < -0.4 is 4.74 Å². The highest BCUT2D eigenvalue weighted by atomic mass is 16.5. The van der Waals surface area contributed by atoms with Gasteiger partial charge < -0.3 is 4.74 Å². The van der Waals surface area contributed by atoms with Gasteiger partial charge in [-0.15, -0.1) is 0 Å². The van der Waals surface area contributed by atoms with E-state index in [0.29, 0.717) is 0 Å². The van der Waals surface area contributed by atoms with Crippen LogP contribution in [0.4, 0.5) is 0 Å². The highest BCUT2D eigenvalue weighted by Gasteiger charge is 2.25. The summed E-state index contributed by atoms with van der Waals surface area (Å²) in [5.41, 5.74) is 3.11. The molecule has 0 N–H and O–H groups in total. The van der Waals surface area contributed by atoms with Crippen LogP contribution in [0.3, 0.4) is 0 Å². The first kappa shape index (κ1) is 13.1. The minimum atomic E-state index is 0.203. The molecule has 0 aliphatic heterocycles. The second-order valence-electron chi connectivity index (χ2n) is 5.34. The number of hydrogen-bond acceptors (Lipinski definition) is 2. The van der Waals surface area contributed by atoms with E-state index in [-0.39, 0.29) is 11.7 Å². The molecule has 2 heteroatoms. The fourth-order valence-electron chi connectivity index (χ4n) is 2.74. The molecule has 0 spiro atoms. The Labute approximate surface area is 109 Å². The number of carbonyl (C=O) groups is 1. The monoisotopic (exact) mass is 246 g/mol. The largest absolute Gasteiger partial charge is 0.496 e. The number of Topliss-reactive ketones (excluding diaryl/α,β-unsaturated/α-hetero) is 1. The van der Waals surface area contributed by atoms with E-state index in [0.717, 1.165) is 29.7 Å². The molecule has 98 valence electrons. The molecule has 0 radical (unpaired) electrons. The number of hydrogen-bond donors (Lipinski definition) is 0. The van der Waals surface area contributed by atoms with Crippen LogP contribution in [0.2, 0.25) is 0 Å². The zero-order chi connectivity index (χ0) is 13.1. The third kappa shape index (κ3) is 2.58. The summed E-state index contributed by atoms with van der Waals surface area (Å²) in [5, 5.41) is 0. The molecule has 1 aliphatic carbocycles. The highest BCUT2D eigenvalue weighted by molar-refractivity contribution is 6.00. The third-order valence-corrected chi connectivity index (χ3v) is 4.06. The summed E-state index contributed by atoms with van der Waals surface area (Å²) >= 11 is 0. The van der Waals surface area contributed by atoms with E-state index >= 15 is 0 Å². The van der Waals surface area contributed by atoms with E-state index < -0.39 is 0 Å². The van der Waals surface area contributed by atoms with E-state index in [1.807, 2.05) is 26.0 Å². The molecule has 0 saturated heterocycles. The molecule has 0 heterocycles. The molecule has 0 amide bonds. The van der Waals surface area contributed by atoms with E-state index in [2.05, 4.69) is 0 Å². The van der Waals surface area contributed by atoms with Crippen LogP contribution in [0.15, 0.2) is 12.1 Å². The molecule has 1 saturated carbocycles. The topological polar surface area (TPSA) is 26.3 Å². The summed E-state index contributed by atoms with van der Waals surface area (Å²) in [5.74, 6) is 1.21. The molecule has 0 aromatic heterocycles. The maximum Gasteiger partial charge on any atom is 0.169 e. The Kier molecular flexibility index (Phi) is 4.05. The molecule has 18 heavy (non-hydrogen) atoms. The van der Waals surface area contributed by atoms with Gasteiger partial charge in [0, 0.05) is 5.92 Å². The number of ketones is 1. The van der Waals surface area contributed by atoms with Crippen molar-refractivity contribution in [1.29, 1.82) is 0 Å². The lowest BCUT2D eigenvalue weighted by atomic mass is 9.83. The Morgan fingerprint density at radius 3 is 2.33 bits per heavy atom. The van der Waals surface area contributed by atoms with Gasteiger partial charge in [-0.05, 0) is 49.9 Å². The lowest BCUT2D eigenvalue weighted by Crippen LogP contribution is -2.18. The zero-order valence-corrected chi connectivity index (χ0v) is 11.6. The highest BCUT2D eigenvalue weighted by Crippen LogP contribution is 2.31. The minimum absolute atomic E-state index is 0.203. The number of carbonyl (C=O) groups excluding carboxylic acids is 1. The van der Waals surface area contributed by atoms with Crippen molar-refractivity contribution in [2.75, 3.05) is 7.11 Å². The minimum Gasteiger partial charge on any atom is -0.496 e. The molecule has 1 aliphatic rings. The van der Waals surface area contributed by atoms with Crippen LogP contribution in [-0.2, 0) is 0 Å². The lowest BCUT2D eigenvalue weighted by Gasteiger charge is -2.21. The van der Waals surface area contributed by atoms with Crippen molar-refractivity contribution in [1.82, 2.24) is 0 Å². The molecule has 0 bridgehead atoms. The number of benzene rings is 1. The van der Waals surface area contributed by atoms with Crippen LogP contribution in [0.25, 0.3) is 0 Å². The number of methoxy groups -OCH3 is 1. The molecule has 1 aromatic rings. The van der Waals surface area contributed by atoms with Crippen LogP contribution in [0, 0.1) is 19.8 Å². The molecule has 2 rings (SSSR count). The van der Waals surface area contributed by atoms with E-state index in [1.165, 1.54) is 24.8 Å². The van der Waals surface area contributed by atoms with Gasteiger partial charge >= 0.3 is 0 Å². The van der Waals surface area contributed by atoms with Crippen molar-refractivity contribution in [3.05, 3.63) is 28.8 Å². The Balaban J connectivity index is 2.31. The average Bonchev–Trinajstić information content (AvgIpc) is 2.41. The molecular weight excluding hydrogens is 224 g/mol. The maximum absolute atomic E-state index is 12.6. The zero-order valence-electron chi connectivity index (χ0n) is 11.6. The number of ether oxygens (including phenoxy) is 1. The third-order valence-electron chi connectivity index (χ3n) is 4.06. The Morgan fingerprint density at radius 1 is 1.11 bits per heavy atom. The summed E-state index contributed by atoms with van der Waals surface area (Å²) in [7, 11) is 1.64. The Hall–Kier alpha value is -1.31. The van der Waals surface area contributed by atoms with Gasteiger partial charge in [0.2, 0.25) is 0 Å². The van der Waals surface area contributed by atoms with Crippen LogP contribution in [0.1, 0.15) is 53.6 Å². The molecule has 0 atom stereocenters. The van der Waals surface area contributed by atoms with Crippen molar-refractivity contribution >= 4 is 5.78 Å². The summed E-state index contributed by atoms with van der Waals surface area (Å²) in [6.45, 7) is 4.10. The van der Waals surface area contributed by atoms with Crippen molar-refractivity contribution in [2.45, 2.75) is 46.0 Å². The first-order valence-corrected chi connectivity index (χ1v) is 6.83. The normalized spacial score (nSPS) is 16.6. The molecule has 2 nitrogen and oxygen atoms in total. The maximum atomic E-state index is 12.6. The molecule has 0 unspecified atom stereocenters. The van der Waals surface area contributed by atoms with Crippen LogP contribution in [-0.4, -0.2) is 12.9 Å². The summed E-state index contributed by atoms with van der Waals surface area (Å²) in [6, 6.07) is 3.97. The fourth-order valence-corrected chi connectivity index (χ4v) is 2.74. The number of aryl methyl sites for hydroxylation is 2. The standard InChI is InChI=1S/C16H22O2/c1-11-9-14(15(18-3)10-12(11)2)16(17)13-7-5-4-6-8-13/h9-10,13H,4-8H2,1-3H3. The summed E-state index contributed by atoms with van der Waals surface area (Å²) < 4.78 is 5.37. The van der Waals surface area contributed by atoms with Gasteiger partial charge in [0.1, 0.15) is 5.75 Å². The summed E-state index contributed by atoms with van der Waals surface area (Å²) in [4.78, 5) is 12.6. The lowest BCUT2D eigenvalue weighted by molar-refractivity contribution is 0.0886. The number of rotatable bonds is 3. The predicted octanol–water partition coefficient (Wildman–Crippen LogP) is 4.08. The van der Waals surface area contributed by atoms with Gasteiger partial charge in [0.05, 0.1) is 12.7 Å². The second kappa shape index (κ2) is 5.55. The van der Waals surface area contributed by atoms with Gasteiger partial charge in [0.15, 0.2) is 5.78 Å².